The number of ether oxygens (including phenoxy) is 1. The average Bonchev–Trinajstić information content (AvgIpc) is 2.92. The maximum atomic E-state index is 12.2. The minimum absolute atomic E-state index is 0.0295. The zero-order valence-corrected chi connectivity index (χ0v) is 16.1. The third-order valence-corrected chi connectivity index (χ3v) is 5.53. The molecule has 0 atom stereocenters. The lowest BCUT2D eigenvalue weighted by Gasteiger charge is -2.10. The molecule has 9 heteroatoms. The third-order valence-electron chi connectivity index (χ3n) is 3.82. The highest BCUT2D eigenvalue weighted by Crippen LogP contribution is 2.18. The van der Waals surface area contributed by atoms with E-state index in [0.717, 1.165) is 11.1 Å². The van der Waals surface area contributed by atoms with Gasteiger partial charge in [0.1, 0.15) is 16.3 Å². The summed E-state index contributed by atoms with van der Waals surface area (Å²) in [5.74, 6) is 0.503. The quantitative estimate of drug-likeness (QED) is 0.669. The molecular weight excluding hydrogens is 358 g/mol. The molecule has 0 spiro atoms. The summed E-state index contributed by atoms with van der Waals surface area (Å²) < 4.78 is 37.1. The molecule has 0 radical (unpaired) electrons. The molecule has 0 bridgehead atoms. The number of carbonyl (C=O) groups excluding carboxylic acids is 1. The zero-order chi connectivity index (χ0) is 19.3. The maximum absolute atomic E-state index is 12.2. The summed E-state index contributed by atoms with van der Waals surface area (Å²) in [7, 11) is -3.73. The maximum Gasteiger partial charge on any atom is 0.257 e. The SMILES string of the molecule is Cc1ccc(OCC(=O)NCCNS(=O)(=O)c2c(C)noc2C)cc1C. The van der Waals surface area contributed by atoms with E-state index in [4.69, 9.17) is 9.26 Å². The highest BCUT2D eigenvalue weighted by atomic mass is 32.2. The second kappa shape index (κ2) is 8.33. The monoisotopic (exact) mass is 381 g/mol. The van der Waals surface area contributed by atoms with E-state index in [0.29, 0.717) is 11.4 Å². The van der Waals surface area contributed by atoms with Crippen molar-refractivity contribution in [3.05, 3.63) is 40.8 Å². The highest BCUT2D eigenvalue weighted by molar-refractivity contribution is 7.89. The Kier molecular flexibility index (Phi) is 6.38. The first-order valence-electron chi connectivity index (χ1n) is 8.10. The number of hydrogen-bond acceptors (Lipinski definition) is 6. The second-order valence-electron chi connectivity index (χ2n) is 5.94. The molecule has 8 nitrogen and oxygen atoms in total. The summed E-state index contributed by atoms with van der Waals surface area (Å²) in [5.41, 5.74) is 2.52. The van der Waals surface area contributed by atoms with Gasteiger partial charge in [0, 0.05) is 13.1 Å². The van der Waals surface area contributed by atoms with Crippen LogP contribution in [0.3, 0.4) is 0 Å². The van der Waals surface area contributed by atoms with Crippen LogP contribution in [-0.2, 0) is 14.8 Å². The number of nitrogens with one attached hydrogen (secondary N) is 2. The van der Waals surface area contributed by atoms with Gasteiger partial charge in [-0.2, -0.15) is 0 Å². The van der Waals surface area contributed by atoms with Crippen LogP contribution in [0.2, 0.25) is 0 Å². The fourth-order valence-corrected chi connectivity index (χ4v) is 3.68. The molecule has 2 N–H and O–H groups in total. The van der Waals surface area contributed by atoms with Gasteiger partial charge in [-0.05, 0) is 51.0 Å². The predicted octanol–water partition coefficient (Wildman–Crippen LogP) is 1.38. The Morgan fingerprint density at radius 2 is 1.88 bits per heavy atom. The Labute approximate surface area is 153 Å². The van der Waals surface area contributed by atoms with E-state index in [1.807, 2.05) is 26.0 Å². The van der Waals surface area contributed by atoms with Crippen molar-refractivity contribution in [1.29, 1.82) is 0 Å². The minimum atomic E-state index is -3.73. The van der Waals surface area contributed by atoms with Gasteiger partial charge in [0.25, 0.3) is 5.91 Å². The topological polar surface area (TPSA) is 111 Å². The third kappa shape index (κ3) is 5.06. The standard InChI is InChI=1S/C17H23N3O5S/c1-11-5-6-15(9-12(11)2)24-10-16(21)18-7-8-19-26(22,23)17-13(3)20-25-14(17)4/h5-6,9,19H,7-8,10H2,1-4H3,(H,18,21). The first-order valence-corrected chi connectivity index (χ1v) is 9.58. The molecule has 2 aromatic rings. The summed E-state index contributed by atoms with van der Waals surface area (Å²) in [6, 6.07) is 5.58. The zero-order valence-electron chi connectivity index (χ0n) is 15.3. The van der Waals surface area contributed by atoms with Gasteiger partial charge >= 0.3 is 0 Å². The summed E-state index contributed by atoms with van der Waals surface area (Å²) in [6.07, 6.45) is 0. The van der Waals surface area contributed by atoms with Crippen LogP contribution in [0.15, 0.2) is 27.6 Å². The summed E-state index contributed by atoms with van der Waals surface area (Å²) in [4.78, 5) is 11.8. The van der Waals surface area contributed by atoms with Gasteiger partial charge in [0.15, 0.2) is 12.4 Å². The molecule has 1 aromatic carbocycles. The van der Waals surface area contributed by atoms with Crippen molar-refractivity contribution in [2.45, 2.75) is 32.6 Å². The van der Waals surface area contributed by atoms with E-state index in [-0.39, 0.29) is 36.3 Å². The number of benzene rings is 1. The molecule has 1 amide bonds. The van der Waals surface area contributed by atoms with Crippen molar-refractivity contribution in [2.24, 2.45) is 0 Å². The molecule has 0 aliphatic rings. The fraction of sp³-hybridized carbons (Fsp3) is 0.412. The van der Waals surface area contributed by atoms with E-state index in [2.05, 4.69) is 15.2 Å². The average molecular weight is 381 g/mol. The lowest BCUT2D eigenvalue weighted by Crippen LogP contribution is -2.37. The van der Waals surface area contributed by atoms with Gasteiger partial charge < -0.3 is 14.6 Å². The lowest BCUT2D eigenvalue weighted by molar-refractivity contribution is -0.123. The van der Waals surface area contributed by atoms with Crippen LogP contribution in [0.1, 0.15) is 22.6 Å². The molecule has 0 unspecified atom stereocenters. The molecule has 0 aliphatic heterocycles. The van der Waals surface area contributed by atoms with E-state index in [1.54, 1.807) is 13.0 Å². The van der Waals surface area contributed by atoms with E-state index < -0.39 is 10.0 Å². The Morgan fingerprint density at radius 1 is 1.15 bits per heavy atom. The predicted molar refractivity (Wildman–Crippen MR) is 95.6 cm³/mol. The summed E-state index contributed by atoms with van der Waals surface area (Å²) in [5, 5.41) is 6.22. The summed E-state index contributed by atoms with van der Waals surface area (Å²) in [6.45, 7) is 7.08. The Bertz CT molecular complexity index is 870. The largest absolute Gasteiger partial charge is 0.484 e. The smallest absolute Gasteiger partial charge is 0.257 e. The molecule has 2 rings (SSSR count). The number of sulfonamides is 1. The molecule has 0 saturated heterocycles. The molecule has 142 valence electrons. The lowest BCUT2D eigenvalue weighted by atomic mass is 10.1. The molecule has 26 heavy (non-hydrogen) atoms. The second-order valence-corrected chi connectivity index (χ2v) is 7.64. The Morgan fingerprint density at radius 3 is 2.50 bits per heavy atom. The van der Waals surface area contributed by atoms with E-state index in [9.17, 15) is 13.2 Å². The number of rotatable bonds is 8. The molecule has 0 fully saturated rings. The summed E-state index contributed by atoms with van der Waals surface area (Å²) >= 11 is 0. The first-order chi connectivity index (χ1) is 12.2. The van der Waals surface area contributed by atoms with Crippen LogP contribution in [0.5, 0.6) is 5.75 Å². The molecular formula is C17H23N3O5S. The number of nitrogens with zero attached hydrogens (tertiary/aromatic N) is 1. The van der Waals surface area contributed by atoms with Crippen molar-refractivity contribution in [3.8, 4) is 5.75 Å². The molecule has 0 saturated carbocycles. The van der Waals surface area contributed by atoms with Gasteiger partial charge in [-0.25, -0.2) is 13.1 Å². The first kappa shape index (κ1) is 19.9. The van der Waals surface area contributed by atoms with Crippen molar-refractivity contribution >= 4 is 15.9 Å². The van der Waals surface area contributed by atoms with Crippen molar-refractivity contribution in [1.82, 2.24) is 15.2 Å². The number of amides is 1. The van der Waals surface area contributed by atoms with Crippen LogP contribution in [-0.4, -0.2) is 39.2 Å². The number of hydrogen-bond donors (Lipinski definition) is 2. The molecule has 1 aromatic heterocycles. The van der Waals surface area contributed by atoms with Gasteiger partial charge in [-0.3, -0.25) is 4.79 Å². The highest BCUT2D eigenvalue weighted by Gasteiger charge is 2.23. The van der Waals surface area contributed by atoms with Gasteiger partial charge in [-0.15, -0.1) is 0 Å². The van der Waals surface area contributed by atoms with Crippen LogP contribution < -0.4 is 14.8 Å². The van der Waals surface area contributed by atoms with Crippen LogP contribution >= 0.6 is 0 Å². The van der Waals surface area contributed by atoms with Crippen molar-refractivity contribution in [3.63, 3.8) is 0 Å². The van der Waals surface area contributed by atoms with Crippen LogP contribution in [0.4, 0.5) is 0 Å². The normalized spacial score (nSPS) is 11.4. The Hall–Kier alpha value is -2.39. The number of carbonyl (C=O) groups is 1. The minimum Gasteiger partial charge on any atom is -0.484 e. The van der Waals surface area contributed by atoms with E-state index in [1.165, 1.54) is 6.92 Å². The van der Waals surface area contributed by atoms with Crippen molar-refractivity contribution < 1.29 is 22.5 Å². The Balaban J connectivity index is 1.75. The molecule has 1 heterocycles. The van der Waals surface area contributed by atoms with E-state index >= 15 is 0 Å². The molecule has 0 aliphatic carbocycles. The van der Waals surface area contributed by atoms with Gasteiger partial charge in [-0.1, -0.05) is 11.2 Å². The fourth-order valence-electron chi connectivity index (χ4n) is 2.32. The van der Waals surface area contributed by atoms with Crippen molar-refractivity contribution in [2.75, 3.05) is 19.7 Å². The number of aryl methyl sites for hydroxylation is 4. The van der Waals surface area contributed by atoms with Gasteiger partial charge in [0.2, 0.25) is 10.0 Å². The van der Waals surface area contributed by atoms with Gasteiger partial charge in [0.05, 0.1) is 0 Å². The van der Waals surface area contributed by atoms with Crippen LogP contribution in [0, 0.1) is 27.7 Å². The van der Waals surface area contributed by atoms with Crippen LogP contribution in [0.25, 0.3) is 0 Å². The number of aromatic nitrogens is 1.